The highest BCUT2D eigenvalue weighted by atomic mass is 16.1. The second-order valence-corrected chi connectivity index (χ2v) is 3.37. The predicted molar refractivity (Wildman–Crippen MR) is 61.8 cm³/mol. The van der Waals surface area contributed by atoms with Crippen molar-refractivity contribution in [2.75, 3.05) is 12.8 Å². The van der Waals surface area contributed by atoms with Crippen LogP contribution in [0.15, 0.2) is 36.4 Å². The lowest BCUT2D eigenvalue weighted by Gasteiger charge is -2.05. The van der Waals surface area contributed by atoms with Gasteiger partial charge in [0.1, 0.15) is 0 Å². The molecule has 76 valence electrons. The molecule has 0 spiro atoms. The van der Waals surface area contributed by atoms with E-state index < -0.39 is 0 Å². The summed E-state index contributed by atoms with van der Waals surface area (Å²) >= 11 is 0. The molecule has 0 bridgehead atoms. The zero-order valence-corrected chi connectivity index (χ0v) is 8.45. The van der Waals surface area contributed by atoms with E-state index in [-0.39, 0.29) is 5.91 Å². The number of nitrogen functional groups attached to an aromatic ring is 1. The van der Waals surface area contributed by atoms with E-state index in [9.17, 15) is 4.79 Å². The SMILES string of the molecule is CNC(=O)c1cccc2cc(N)ccc12. The monoisotopic (exact) mass is 200 g/mol. The summed E-state index contributed by atoms with van der Waals surface area (Å²) in [6.45, 7) is 0. The van der Waals surface area contributed by atoms with Crippen molar-refractivity contribution in [1.82, 2.24) is 5.32 Å². The average Bonchev–Trinajstić information content (AvgIpc) is 2.26. The highest BCUT2D eigenvalue weighted by Crippen LogP contribution is 2.21. The highest BCUT2D eigenvalue weighted by Gasteiger charge is 2.07. The number of fused-ring (bicyclic) bond motifs is 1. The molecule has 3 N–H and O–H groups in total. The Bertz CT molecular complexity index is 520. The second-order valence-electron chi connectivity index (χ2n) is 3.37. The van der Waals surface area contributed by atoms with Crippen LogP contribution in [0.5, 0.6) is 0 Å². The number of anilines is 1. The smallest absolute Gasteiger partial charge is 0.251 e. The van der Waals surface area contributed by atoms with Gasteiger partial charge in [0.05, 0.1) is 0 Å². The van der Waals surface area contributed by atoms with Crippen LogP contribution in [-0.4, -0.2) is 13.0 Å². The lowest BCUT2D eigenvalue weighted by atomic mass is 10.0. The molecule has 0 aliphatic heterocycles. The Morgan fingerprint density at radius 1 is 1.27 bits per heavy atom. The van der Waals surface area contributed by atoms with Crippen molar-refractivity contribution in [3.8, 4) is 0 Å². The van der Waals surface area contributed by atoms with Gasteiger partial charge in [-0.15, -0.1) is 0 Å². The molecular formula is C12H12N2O. The van der Waals surface area contributed by atoms with E-state index in [2.05, 4.69) is 5.32 Å². The molecule has 0 saturated heterocycles. The first kappa shape index (κ1) is 9.52. The fourth-order valence-electron chi connectivity index (χ4n) is 1.63. The number of benzene rings is 2. The molecule has 2 aromatic rings. The Balaban J connectivity index is 2.71. The number of carbonyl (C=O) groups excluding carboxylic acids is 1. The number of hydrogen-bond acceptors (Lipinski definition) is 2. The Hall–Kier alpha value is -2.03. The van der Waals surface area contributed by atoms with Crippen molar-refractivity contribution < 1.29 is 4.79 Å². The van der Waals surface area contributed by atoms with E-state index in [1.165, 1.54) is 0 Å². The number of amides is 1. The van der Waals surface area contributed by atoms with Crippen LogP contribution in [0.1, 0.15) is 10.4 Å². The molecule has 2 aromatic carbocycles. The van der Waals surface area contributed by atoms with E-state index in [1.807, 2.05) is 24.3 Å². The van der Waals surface area contributed by atoms with E-state index in [0.29, 0.717) is 11.3 Å². The maximum atomic E-state index is 11.6. The lowest BCUT2D eigenvalue weighted by Crippen LogP contribution is -2.17. The zero-order valence-electron chi connectivity index (χ0n) is 8.45. The fraction of sp³-hybridized carbons (Fsp3) is 0.0833. The van der Waals surface area contributed by atoms with Gasteiger partial charge in [0.25, 0.3) is 5.91 Å². The second kappa shape index (κ2) is 3.61. The number of rotatable bonds is 1. The lowest BCUT2D eigenvalue weighted by molar-refractivity contribution is 0.0965. The largest absolute Gasteiger partial charge is 0.399 e. The molecular weight excluding hydrogens is 188 g/mol. The van der Waals surface area contributed by atoms with Crippen LogP contribution in [0.2, 0.25) is 0 Å². The van der Waals surface area contributed by atoms with Gasteiger partial charge in [0.2, 0.25) is 0 Å². The first-order chi connectivity index (χ1) is 7.22. The molecule has 0 fully saturated rings. The van der Waals surface area contributed by atoms with Crippen LogP contribution in [0.3, 0.4) is 0 Å². The minimum Gasteiger partial charge on any atom is -0.399 e. The minimum atomic E-state index is -0.0784. The van der Waals surface area contributed by atoms with Gasteiger partial charge in [-0.1, -0.05) is 18.2 Å². The minimum absolute atomic E-state index is 0.0784. The molecule has 0 heterocycles. The van der Waals surface area contributed by atoms with Gasteiger partial charge in [0, 0.05) is 18.3 Å². The quantitative estimate of drug-likeness (QED) is 0.689. The maximum Gasteiger partial charge on any atom is 0.251 e. The van der Waals surface area contributed by atoms with Crippen molar-refractivity contribution in [3.05, 3.63) is 42.0 Å². The first-order valence-corrected chi connectivity index (χ1v) is 4.72. The van der Waals surface area contributed by atoms with Gasteiger partial charge in [-0.2, -0.15) is 0 Å². The van der Waals surface area contributed by atoms with Gasteiger partial charge >= 0.3 is 0 Å². The molecule has 0 radical (unpaired) electrons. The molecule has 0 unspecified atom stereocenters. The van der Waals surface area contributed by atoms with E-state index >= 15 is 0 Å². The average molecular weight is 200 g/mol. The standard InChI is InChI=1S/C12H12N2O/c1-14-12(15)11-4-2-3-8-7-9(13)5-6-10(8)11/h2-7H,13H2,1H3,(H,14,15). The molecule has 0 aromatic heterocycles. The summed E-state index contributed by atoms with van der Waals surface area (Å²) in [4.78, 5) is 11.6. The van der Waals surface area contributed by atoms with Crippen molar-refractivity contribution in [1.29, 1.82) is 0 Å². The van der Waals surface area contributed by atoms with Crippen LogP contribution in [0, 0.1) is 0 Å². The van der Waals surface area contributed by atoms with Crippen LogP contribution < -0.4 is 11.1 Å². The van der Waals surface area contributed by atoms with Crippen molar-refractivity contribution >= 4 is 22.4 Å². The van der Waals surface area contributed by atoms with Crippen LogP contribution >= 0.6 is 0 Å². The zero-order chi connectivity index (χ0) is 10.8. The third kappa shape index (κ3) is 1.64. The number of hydrogen-bond donors (Lipinski definition) is 2. The Kier molecular flexibility index (Phi) is 2.29. The fourth-order valence-corrected chi connectivity index (χ4v) is 1.63. The third-order valence-corrected chi connectivity index (χ3v) is 2.38. The van der Waals surface area contributed by atoms with Gasteiger partial charge in [-0.25, -0.2) is 0 Å². The predicted octanol–water partition coefficient (Wildman–Crippen LogP) is 1.78. The molecule has 15 heavy (non-hydrogen) atoms. The van der Waals surface area contributed by atoms with Gasteiger partial charge in [-0.05, 0) is 29.0 Å². The summed E-state index contributed by atoms with van der Waals surface area (Å²) in [6, 6.07) is 11.1. The number of nitrogens with two attached hydrogens (primary N) is 1. The number of carbonyl (C=O) groups is 1. The molecule has 0 saturated carbocycles. The summed E-state index contributed by atoms with van der Waals surface area (Å²) in [7, 11) is 1.62. The summed E-state index contributed by atoms with van der Waals surface area (Å²) in [5.41, 5.74) is 7.06. The molecule has 0 atom stereocenters. The molecule has 0 aliphatic rings. The Morgan fingerprint density at radius 2 is 2.07 bits per heavy atom. The normalized spacial score (nSPS) is 10.2. The summed E-state index contributed by atoms with van der Waals surface area (Å²) in [6.07, 6.45) is 0. The number of nitrogens with one attached hydrogen (secondary N) is 1. The molecule has 1 amide bonds. The van der Waals surface area contributed by atoms with Gasteiger partial charge < -0.3 is 11.1 Å². The van der Waals surface area contributed by atoms with Gasteiger partial charge in [-0.3, -0.25) is 4.79 Å². The Labute approximate surface area is 87.9 Å². The van der Waals surface area contributed by atoms with Crippen molar-refractivity contribution in [3.63, 3.8) is 0 Å². The Morgan fingerprint density at radius 3 is 2.80 bits per heavy atom. The molecule has 3 nitrogen and oxygen atoms in total. The molecule has 3 heteroatoms. The molecule has 2 rings (SSSR count). The maximum absolute atomic E-state index is 11.6. The summed E-state index contributed by atoms with van der Waals surface area (Å²) < 4.78 is 0. The molecule has 0 aliphatic carbocycles. The topological polar surface area (TPSA) is 55.1 Å². The van der Waals surface area contributed by atoms with E-state index in [0.717, 1.165) is 10.8 Å². The summed E-state index contributed by atoms with van der Waals surface area (Å²) in [5, 5.41) is 4.52. The van der Waals surface area contributed by atoms with Crippen LogP contribution in [0.4, 0.5) is 5.69 Å². The van der Waals surface area contributed by atoms with Crippen molar-refractivity contribution in [2.45, 2.75) is 0 Å². The summed E-state index contributed by atoms with van der Waals surface area (Å²) in [5.74, 6) is -0.0784. The van der Waals surface area contributed by atoms with Crippen LogP contribution in [0.25, 0.3) is 10.8 Å². The third-order valence-electron chi connectivity index (χ3n) is 2.38. The van der Waals surface area contributed by atoms with Crippen molar-refractivity contribution in [2.24, 2.45) is 0 Å². The van der Waals surface area contributed by atoms with Gasteiger partial charge in [0.15, 0.2) is 0 Å². The van der Waals surface area contributed by atoms with E-state index in [1.54, 1.807) is 19.2 Å². The highest BCUT2D eigenvalue weighted by molar-refractivity contribution is 6.07. The van der Waals surface area contributed by atoms with E-state index in [4.69, 9.17) is 5.73 Å². The first-order valence-electron chi connectivity index (χ1n) is 4.72. The van der Waals surface area contributed by atoms with Crippen LogP contribution in [-0.2, 0) is 0 Å².